The molecule has 0 saturated carbocycles. The molecule has 1 aliphatic heterocycles. The van der Waals surface area contributed by atoms with Crippen molar-refractivity contribution in [1.82, 2.24) is 0 Å². The molecule has 4 rings (SSSR count). The highest BCUT2D eigenvalue weighted by molar-refractivity contribution is 7.93. The fourth-order valence-corrected chi connectivity index (χ4v) is 5.26. The van der Waals surface area contributed by atoms with Gasteiger partial charge in [0.15, 0.2) is 0 Å². The maximum Gasteiger partial charge on any atom is 0.349 e. The number of thiophene rings is 1. The van der Waals surface area contributed by atoms with Crippen molar-refractivity contribution in [3.63, 3.8) is 0 Å². The molecule has 1 aromatic carbocycles. The van der Waals surface area contributed by atoms with Crippen molar-refractivity contribution in [3.8, 4) is 0 Å². The summed E-state index contributed by atoms with van der Waals surface area (Å²) in [6.45, 7) is 0.287. The Kier molecular flexibility index (Phi) is 4.76. The third-order valence-corrected chi connectivity index (χ3v) is 6.74. The van der Waals surface area contributed by atoms with Crippen LogP contribution in [0.2, 0.25) is 0 Å². The number of hydrogen-bond acceptors (Lipinski definition) is 9. The SMILES string of the molecule is COC(=O)c1sccc1S(=O)(=O)Nc1ccc(N2CN=c3occc3=C2N)cc1. The van der Waals surface area contributed by atoms with E-state index in [1.807, 2.05) is 0 Å². The van der Waals surface area contributed by atoms with Crippen LogP contribution in [0.1, 0.15) is 9.67 Å². The van der Waals surface area contributed by atoms with Crippen molar-refractivity contribution in [2.75, 3.05) is 23.4 Å². The van der Waals surface area contributed by atoms with Crippen molar-refractivity contribution < 1.29 is 22.4 Å². The molecule has 0 saturated heterocycles. The minimum atomic E-state index is -3.95. The number of esters is 1. The van der Waals surface area contributed by atoms with Crippen LogP contribution in [0, 0.1) is 0 Å². The summed E-state index contributed by atoms with van der Waals surface area (Å²) in [6.07, 6.45) is 1.52. The fourth-order valence-electron chi connectivity index (χ4n) is 2.87. The fraction of sp³-hybridized carbons (Fsp3) is 0.111. The summed E-state index contributed by atoms with van der Waals surface area (Å²) in [7, 11) is -2.75. The highest BCUT2D eigenvalue weighted by Crippen LogP contribution is 2.26. The van der Waals surface area contributed by atoms with E-state index in [4.69, 9.17) is 10.2 Å². The molecule has 9 nitrogen and oxygen atoms in total. The summed E-state index contributed by atoms with van der Waals surface area (Å²) < 4.78 is 37.7. The Bertz CT molecular complexity index is 1290. The molecule has 150 valence electrons. The van der Waals surface area contributed by atoms with E-state index >= 15 is 0 Å². The third-order valence-electron chi connectivity index (χ3n) is 4.29. The lowest BCUT2D eigenvalue weighted by atomic mass is 10.2. The Morgan fingerprint density at radius 1 is 1.28 bits per heavy atom. The third kappa shape index (κ3) is 3.45. The van der Waals surface area contributed by atoms with Gasteiger partial charge < -0.3 is 19.8 Å². The Morgan fingerprint density at radius 3 is 2.76 bits per heavy atom. The van der Waals surface area contributed by atoms with E-state index in [-0.39, 0.29) is 16.4 Å². The number of fused-ring (bicyclic) bond motifs is 1. The Balaban J connectivity index is 1.58. The monoisotopic (exact) mass is 432 g/mol. The molecule has 3 aromatic rings. The van der Waals surface area contributed by atoms with Gasteiger partial charge in [-0.3, -0.25) is 4.72 Å². The number of nitrogens with one attached hydrogen (secondary N) is 1. The maximum absolute atomic E-state index is 12.7. The average molecular weight is 432 g/mol. The van der Waals surface area contributed by atoms with Crippen molar-refractivity contribution in [2.24, 2.45) is 10.7 Å². The van der Waals surface area contributed by atoms with Crippen LogP contribution >= 0.6 is 11.3 Å². The predicted molar refractivity (Wildman–Crippen MR) is 107 cm³/mol. The number of carbonyl (C=O) groups excluding carboxylic acids is 1. The molecule has 11 heteroatoms. The summed E-state index contributed by atoms with van der Waals surface area (Å²) in [5.74, 6) is -0.202. The van der Waals surface area contributed by atoms with Crippen molar-refractivity contribution in [3.05, 3.63) is 63.7 Å². The van der Waals surface area contributed by atoms with E-state index in [1.165, 1.54) is 24.8 Å². The van der Waals surface area contributed by atoms with E-state index in [1.54, 1.807) is 35.2 Å². The van der Waals surface area contributed by atoms with Crippen LogP contribution in [-0.4, -0.2) is 28.2 Å². The number of ether oxygens (including phenoxy) is 1. The number of carbonyl (C=O) groups is 1. The average Bonchev–Trinajstić information content (AvgIpc) is 3.38. The number of rotatable bonds is 5. The van der Waals surface area contributed by atoms with E-state index in [0.29, 0.717) is 22.3 Å². The lowest BCUT2D eigenvalue weighted by Gasteiger charge is -2.24. The first-order valence-electron chi connectivity index (χ1n) is 8.35. The second-order valence-corrected chi connectivity index (χ2v) is 8.58. The van der Waals surface area contributed by atoms with E-state index in [0.717, 1.165) is 17.0 Å². The van der Waals surface area contributed by atoms with Gasteiger partial charge in [0.25, 0.3) is 10.0 Å². The smallest absolute Gasteiger partial charge is 0.349 e. The Hall–Kier alpha value is -3.31. The topological polar surface area (TPSA) is 127 Å². The molecular weight excluding hydrogens is 416 g/mol. The van der Waals surface area contributed by atoms with Gasteiger partial charge in [0.05, 0.1) is 18.6 Å². The normalized spacial score (nSPS) is 13.6. The molecule has 2 aromatic heterocycles. The molecule has 3 heterocycles. The minimum absolute atomic E-state index is 0.0184. The second kappa shape index (κ2) is 7.26. The number of benzene rings is 1. The molecule has 0 atom stereocenters. The van der Waals surface area contributed by atoms with Gasteiger partial charge in [-0.15, -0.1) is 11.3 Å². The zero-order valence-corrected chi connectivity index (χ0v) is 16.8. The summed E-state index contributed by atoms with van der Waals surface area (Å²) in [5, 5.41) is 2.22. The second-order valence-electron chi connectivity index (χ2n) is 6.01. The molecule has 0 amide bonds. The van der Waals surface area contributed by atoms with Crippen LogP contribution in [0.25, 0.3) is 5.82 Å². The van der Waals surface area contributed by atoms with Gasteiger partial charge >= 0.3 is 5.97 Å². The molecule has 0 unspecified atom stereocenters. The first kappa shape index (κ1) is 19.0. The number of methoxy groups -OCH3 is 1. The largest absolute Gasteiger partial charge is 0.465 e. The quantitative estimate of drug-likeness (QED) is 0.577. The van der Waals surface area contributed by atoms with E-state index < -0.39 is 16.0 Å². The first-order valence-corrected chi connectivity index (χ1v) is 10.7. The summed E-state index contributed by atoms with van der Waals surface area (Å²) >= 11 is 1.00. The van der Waals surface area contributed by atoms with Crippen molar-refractivity contribution in [2.45, 2.75) is 4.90 Å². The van der Waals surface area contributed by atoms with Gasteiger partial charge in [-0.25, -0.2) is 18.2 Å². The van der Waals surface area contributed by atoms with Crippen LogP contribution in [-0.2, 0) is 14.8 Å². The first-order chi connectivity index (χ1) is 13.9. The zero-order chi connectivity index (χ0) is 20.6. The van der Waals surface area contributed by atoms with Gasteiger partial charge in [0, 0.05) is 11.4 Å². The summed E-state index contributed by atoms with van der Waals surface area (Å²) in [6, 6.07) is 9.76. The molecule has 0 aliphatic carbocycles. The van der Waals surface area contributed by atoms with E-state index in [9.17, 15) is 13.2 Å². The molecule has 0 spiro atoms. The molecule has 0 bridgehead atoms. The Morgan fingerprint density at radius 2 is 2.03 bits per heavy atom. The van der Waals surface area contributed by atoms with Crippen molar-refractivity contribution in [1.29, 1.82) is 0 Å². The lowest BCUT2D eigenvalue weighted by molar-refractivity contribution is 0.0602. The number of furan rings is 1. The Labute approximate surface area is 169 Å². The number of nitrogens with two attached hydrogens (primary N) is 1. The van der Waals surface area contributed by atoms with Gasteiger partial charge in [-0.1, -0.05) is 0 Å². The standard InChI is InChI=1S/C18H16N4O5S2/c1-26-18(23)15-14(7-9-28-15)29(24,25)21-11-2-4-12(5-3-11)22-10-20-17-13(16(22)19)6-8-27-17/h2-9,21H,10,19H2,1H3. The van der Waals surface area contributed by atoms with Crippen LogP contribution in [0.3, 0.4) is 0 Å². The molecule has 0 fully saturated rings. The minimum Gasteiger partial charge on any atom is -0.465 e. The van der Waals surface area contributed by atoms with Crippen LogP contribution in [0.15, 0.2) is 62.3 Å². The molecule has 0 radical (unpaired) electrons. The predicted octanol–water partition coefficient (Wildman–Crippen LogP) is 1.05. The van der Waals surface area contributed by atoms with Gasteiger partial charge in [-0.2, -0.15) is 0 Å². The molecular formula is C18H16N4O5S2. The highest BCUT2D eigenvalue weighted by atomic mass is 32.2. The number of hydrogen-bond donors (Lipinski definition) is 2. The molecule has 3 N–H and O–H groups in total. The highest BCUT2D eigenvalue weighted by Gasteiger charge is 2.25. The van der Waals surface area contributed by atoms with E-state index in [2.05, 4.69) is 14.5 Å². The van der Waals surface area contributed by atoms with Crippen molar-refractivity contribution >= 4 is 44.5 Å². The molecule has 29 heavy (non-hydrogen) atoms. The van der Waals surface area contributed by atoms with Crippen LogP contribution in [0.4, 0.5) is 11.4 Å². The lowest BCUT2D eigenvalue weighted by Crippen LogP contribution is -2.42. The number of sulfonamides is 1. The zero-order valence-electron chi connectivity index (χ0n) is 15.2. The van der Waals surface area contributed by atoms with Gasteiger partial charge in [0.2, 0.25) is 5.55 Å². The number of nitrogens with zero attached hydrogens (tertiary/aromatic N) is 2. The number of anilines is 2. The maximum atomic E-state index is 12.7. The summed E-state index contributed by atoms with van der Waals surface area (Å²) in [4.78, 5) is 17.8. The molecule has 1 aliphatic rings. The van der Waals surface area contributed by atoms with Crippen LogP contribution < -0.4 is 26.1 Å². The summed E-state index contributed by atoms with van der Waals surface area (Å²) in [5.41, 5.74) is 7.77. The van der Waals surface area contributed by atoms with Crippen LogP contribution in [0.5, 0.6) is 0 Å². The van der Waals surface area contributed by atoms with Gasteiger partial charge in [-0.05, 0) is 41.8 Å². The van der Waals surface area contributed by atoms with Gasteiger partial charge in [0.1, 0.15) is 22.3 Å².